The second kappa shape index (κ2) is 9.45. The van der Waals surface area contributed by atoms with Crippen molar-refractivity contribution in [2.75, 3.05) is 19.0 Å². The van der Waals surface area contributed by atoms with Gasteiger partial charge in [0.25, 0.3) is 0 Å². The van der Waals surface area contributed by atoms with Gasteiger partial charge >= 0.3 is 11.9 Å². The number of nitrogens with one attached hydrogen (secondary N) is 1. The Balaban J connectivity index is 2.16. The number of esters is 2. The summed E-state index contributed by atoms with van der Waals surface area (Å²) >= 11 is 0. The Morgan fingerprint density at radius 3 is 2.36 bits per heavy atom. The Bertz CT molecular complexity index is 931. The normalized spacial score (nSPS) is 11.7. The largest absolute Gasteiger partial charge is 0.461 e. The molecule has 1 aromatic heterocycles. The third-order valence-electron chi connectivity index (χ3n) is 4.14. The number of aryl methyl sites for hydroxylation is 1. The van der Waals surface area contributed by atoms with Crippen molar-refractivity contribution in [3.8, 4) is 0 Å². The molecule has 0 saturated heterocycles. The lowest BCUT2D eigenvalue weighted by Gasteiger charge is -2.09. The van der Waals surface area contributed by atoms with E-state index in [1.165, 1.54) is 6.07 Å². The van der Waals surface area contributed by atoms with Crippen molar-refractivity contribution in [2.24, 2.45) is 0 Å². The van der Waals surface area contributed by atoms with Crippen molar-refractivity contribution >= 4 is 28.5 Å². The molecule has 0 bridgehead atoms. The number of ketones is 1. The monoisotopic (exact) mass is 405 g/mol. The maximum Gasteiger partial charge on any atom is 0.355 e. The molecular formula is C20H23NO6S. The van der Waals surface area contributed by atoms with Gasteiger partial charge in [0.2, 0.25) is 5.78 Å². The van der Waals surface area contributed by atoms with Crippen LogP contribution in [0.2, 0.25) is 0 Å². The molecule has 0 aliphatic heterocycles. The molecule has 1 heterocycles. The summed E-state index contributed by atoms with van der Waals surface area (Å²) in [5, 5.41) is 0. The predicted molar refractivity (Wildman–Crippen MR) is 104 cm³/mol. The van der Waals surface area contributed by atoms with Crippen molar-refractivity contribution in [1.29, 1.82) is 0 Å². The zero-order valence-electron chi connectivity index (χ0n) is 16.3. The number of H-pyrrole nitrogens is 1. The number of aromatic amines is 1. The highest BCUT2D eigenvalue weighted by Gasteiger charge is 2.24. The van der Waals surface area contributed by atoms with Gasteiger partial charge in [-0.15, -0.1) is 0 Å². The van der Waals surface area contributed by atoms with Crippen molar-refractivity contribution < 1.29 is 28.1 Å². The maximum absolute atomic E-state index is 12.6. The van der Waals surface area contributed by atoms with Crippen LogP contribution in [0.5, 0.6) is 0 Å². The van der Waals surface area contributed by atoms with Crippen molar-refractivity contribution in [3.05, 3.63) is 52.3 Å². The van der Waals surface area contributed by atoms with Gasteiger partial charge < -0.3 is 14.5 Å². The lowest BCUT2D eigenvalue weighted by Crippen LogP contribution is -2.17. The van der Waals surface area contributed by atoms with Gasteiger partial charge in [-0.25, -0.2) is 9.59 Å². The summed E-state index contributed by atoms with van der Waals surface area (Å²) in [5.74, 6) is -1.34. The number of ether oxygens (including phenoxy) is 2. The molecule has 1 N–H and O–H groups in total. The van der Waals surface area contributed by atoms with Crippen LogP contribution >= 0.6 is 0 Å². The summed E-state index contributed by atoms with van der Waals surface area (Å²) in [6.45, 7) is 6.46. The van der Waals surface area contributed by atoms with Crippen molar-refractivity contribution in [3.63, 3.8) is 0 Å². The molecule has 8 heteroatoms. The van der Waals surface area contributed by atoms with Crippen LogP contribution in [0.1, 0.15) is 56.3 Å². The highest BCUT2D eigenvalue weighted by atomic mass is 32.2. The second-order valence-corrected chi connectivity index (χ2v) is 7.68. The van der Waals surface area contributed by atoms with E-state index in [1.807, 2.05) is 0 Å². The Morgan fingerprint density at radius 2 is 1.71 bits per heavy atom. The van der Waals surface area contributed by atoms with Crippen LogP contribution in [0.15, 0.2) is 29.2 Å². The van der Waals surface area contributed by atoms with E-state index in [0.29, 0.717) is 27.5 Å². The zero-order valence-corrected chi connectivity index (χ0v) is 17.1. The van der Waals surface area contributed by atoms with E-state index in [9.17, 15) is 18.6 Å². The molecule has 0 saturated carbocycles. The van der Waals surface area contributed by atoms with Crippen LogP contribution in [0.3, 0.4) is 0 Å². The average molecular weight is 405 g/mol. The van der Waals surface area contributed by atoms with Gasteiger partial charge in [-0.05, 0) is 38.5 Å². The van der Waals surface area contributed by atoms with E-state index in [4.69, 9.17) is 9.47 Å². The first-order valence-electron chi connectivity index (χ1n) is 8.85. The quantitative estimate of drug-likeness (QED) is 0.535. The molecule has 28 heavy (non-hydrogen) atoms. The Hall–Kier alpha value is -2.74. The standard InChI is InChI=1S/C20H23NO6S/c1-5-26-20(24)18-12(3)17(13(4)21-18)15(22)11-27-19(23)14-9-7-8-10-16(14)28(25)6-2/h7-10,21H,5-6,11H2,1-4H3. The predicted octanol–water partition coefficient (Wildman–Crippen LogP) is 2.98. The summed E-state index contributed by atoms with van der Waals surface area (Å²) in [6.07, 6.45) is 0. The third-order valence-corrected chi connectivity index (χ3v) is 5.52. The summed E-state index contributed by atoms with van der Waals surface area (Å²) < 4.78 is 22.2. The van der Waals surface area contributed by atoms with E-state index in [2.05, 4.69) is 4.98 Å². The number of benzene rings is 1. The number of carbonyl (C=O) groups excluding carboxylic acids is 3. The van der Waals surface area contributed by atoms with Crippen LogP contribution in [-0.4, -0.2) is 45.9 Å². The number of rotatable bonds is 8. The van der Waals surface area contributed by atoms with Crippen LogP contribution in [0.25, 0.3) is 0 Å². The second-order valence-electron chi connectivity index (χ2n) is 5.98. The lowest BCUT2D eigenvalue weighted by molar-refractivity contribution is 0.0469. The van der Waals surface area contributed by atoms with E-state index < -0.39 is 35.1 Å². The Kier molecular flexibility index (Phi) is 7.28. The molecule has 1 aromatic carbocycles. The minimum Gasteiger partial charge on any atom is -0.461 e. The van der Waals surface area contributed by atoms with Gasteiger partial charge in [0.05, 0.1) is 27.9 Å². The molecule has 0 fully saturated rings. The molecular weight excluding hydrogens is 382 g/mol. The van der Waals surface area contributed by atoms with Gasteiger partial charge in [-0.3, -0.25) is 9.00 Å². The van der Waals surface area contributed by atoms with Gasteiger partial charge in [0.1, 0.15) is 5.69 Å². The first-order chi connectivity index (χ1) is 13.3. The van der Waals surface area contributed by atoms with E-state index >= 15 is 0 Å². The molecule has 1 atom stereocenters. The van der Waals surface area contributed by atoms with Crippen LogP contribution in [-0.2, 0) is 20.3 Å². The maximum atomic E-state index is 12.6. The molecule has 0 radical (unpaired) electrons. The minimum absolute atomic E-state index is 0.171. The van der Waals surface area contributed by atoms with Crippen LogP contribution in [0, 0.1) is 13.8 Å². The fourth-order valence-electron chi connectivity index (χ4n) is 2.85. The molecule has 0 amide bonds. The molecule has 2 aromatic rings. The highest BCUT2D eigenvalue weighted by molar-refractivity contribution is 7.85. The molecule has 0 spiro atoms. The first-order valence-corrected chi connectivity index (χ1v) is 10.2. The number of aromatic nitrogens is 1. The molecule has 150 valence electrons. The number of hydrogen-bond donors (Lipinski definition) is 1. The van der Waals surface area contributed by atoms with Gasteiger partial charge in [-0.2, -0.15) is 0 Å². The average Bonchev–Trinajstić information content (AvgIpc) is 2.99. The van der Waals surface area contributed by atoms with Crippen LogP contribution < -0.4 is 0 Å². The molecule has 0 aliphatic rings. The van der Waals surface area contributed by atoms with Gasteiger partial charge in [0.15, 0.2) is 6.61 Å². The minimum atomic E-state index is -1.33. The number of hydrogen-bond acceptors (Lipinski definition) is 6. The van der Waals surface area contributed by atoms with Gasteiger partial charge in [0, 0.05) is 17.0 Å². The zero-order chi connectivity index (χ0) is 20.8. The Morgan fingerprint density at radius 1 is 1.04 bits per heavy atom. The molecule has 2 rings (SSSR count). The highest BCUT2D eigenvalue weighted by Crippen LogP contribution is 2.20. The third kappa shape index (κ3) is 4.56. The number of Topliss-reactive ketones (excluding diaryl/α,β-unsaturated/α-hetero) is 1. The molecule has 0 aliphatic carbocycles. The topological polar surface area (TPSA) is 103 Å². The number of carbonyl (C=O) groups is 3. The van der Waals surface area contributed by atoms with Crippen molar-refractivity contribution in [2.45, 2.75) is 32.6 Å². The summed E-state index contributed by atoms with van der Waals surface area (Å²) in [4.78, 5) is 40.2. The summed E-state index contributed by atoms with van der Waals surface area (Å²) in [5.41, 5.74) is 1.61. The molecule has 1 unspecified atom stereocenters. The lowest BCUT2D eigenvalue weighted by atomic mass is 10.1. The smallest absolute Gasteiger partial charge is 0.355 e. The van der Waals surface area contributed by atoms with E-state index in [-0.39, 0.29) is 17.9 Å². The molecule has 7 nitrogen and oxygen atoms in total. The van der Waals surface area contributed by atoms with Gasteiger partial charge in [-0.1, -0.05) is 19.1 Å². The van der Waals surface area contributed by atoms with E-state index in [0.717, 1.165) is 0 Å². The Labute approximate surface area is 165 Å². The van der Waals surface area contributed by atoms with E-state index in [1.54, 1.807) is 45.9 Å². The summed E-state index contributed by atoms with van der Waals surface area (Å²) in [6, 6.07) is 6.45. The SMILES string of the molecule is CCOC(=O)c1[nH]c(C)c(C(=O)COC(=O)c2ccccc2S(=O)CC)c1C. The fourth-order valence-corrected chi connectivity index (χ4v) is 3.78. The summed E-state index contributed by atoms with van der Waals surface area (Å²) in [7, 11) is -1.33. The fraction of sp³-hybridized carbons (Fsp3) is 0.350. The van der Waals surface area contributed by atoms with Crippen molar-refractivity contribution in [1.82, 2.24) is 4.98 Å². The van der Waals surface area contributed by atoms with Crippen LogP contribution in [0.4, 0.5) is 0 Å². The first kappa shape index (κ1) is 21.6.